The Balaban J connectivity index is 1.69. The van der Waals surface area contributed by atoms with Gasteiger partial charge in [0, 0.05) is 18.5 Å². The van der Waals surface area contributed by atoms with E-state index >= 15 is 0 Å². The molecule has 0 radical (unpaired) electrons. The van der Waals surface area contributed by atoms with E-state index < -0.39 is 0 Å². The monoisotopic (exact) mass is 252 g/mol. The van der Waals surface area contributed by atoms with Gasteiger partial charge in [0.05, 0.1) is 0 Å². The lowest BCUT2D eigenvalue weighted by Gasteiger charge is -2.30. The quantitative estimate of drug-likeness (QED) is 0.807. The predicted molar refractivity (Wildman–Crippen MR) is 74.4 cm³/mol. The van der Waals surface area contributed by atoms with E-state index in [0.29, 0.717) is 18.5 Å². The standard InChI is InChI=1S/C15H28N2O/c1-2-12-6-5-8-14(10-12)17-15(18)11-13-7-3-4-9-16-13/h12-14,16H,2-11H2,1H3,(H,17,18). The lowest BCUT2D eigenvalue weighted by atomic mass is 9.84. The second-order valence-corrected chi connectivity index (χ2v) is 6.06. The molecule has 3 unspecified atom stereocenters. The summed E-state index contributed by atoms with van der Waals surface area (Å²) in [5.74, 6) is 1.09. The molecule has 1 saturated carbocycles. The first-order chi connectivity index (χ1) is 8.78. The van der Waals surface area contributed by atoms with Crippen LogP contribution < -0.4 is 10.6 Å². The van der Waals surface area contributed by atoms with Gasteiger partial charge in [-0.1, -0.05) is 32.6 Å². The van der Waals surface area contributed by atoms with Gasteiger partial charge in [0.2, 0.25) is 5.91 Å². The molecule has 1 heterocycles. The molecule has 18 heavy (non-hydrogen) atoms. The van der Waals surface area contributed by atoms with Gasteiger partial charge in [-0.2, -0.15) is 0 Å². The summed E-state index contributed by atoms with van der Waals surface area (Å²) >= 11 is 0. The Morgan fingerprint density at radius 3 is 2.83 bits per heavy atom. The summed E-state index contributed by atoms with van der Waals surface area (Å²) in [7, 11) is 0. The van der Waals surface area contributed by atoms with E-state index in [-0.39, 0.29) is 5.91 Å². The van der Waals surface area contributed by atoms with Crippen LogP contribution in [-0.2, 0) is 4.79 Å². The molecule has 2 N–H and O–H groups in total. The molecule has 2 rings (SSSR count). The highest BCUT2D eigenvalue weighted by molar-refractivity contribution is 5.76. The van der Waals surface area contributed by atoms with Gasteiger partial charge in [-0.05, 0) is 38.1 Å². The molecule has 104 valence electrons. The molecular weight excluding hydrogens is 224 g/mol. The fraction of sp³-hybridized carbons (Fsp3) is 0.933. The number of hydrogen-bond acceptors (Lipinski definition) is 2. The van der Waals surface area contributed by atoms with Crippen LogP contribution in [0.2, 0.25) is 0 Å². The number of hydrogen-bond donors (Lipinski definition) is 2. The van der Waals surface area contributed by atoms with Crippen molar-refractivity contribution in [2.75, 3.05) is 6.54 Å². The second-order valence-electron chi connectivity index (χ2n) is 6.06. The molecule has 3 heteroatoms. The zero-order chi connectivity index (χ0) is 12.8. The molecular formula is C15H28N2O. The van der Waals surface area contributed by atoms with Crippen LogP contribution in [0.1, 0.15) is 64.7 Å². The van der Waals surface area contributed by atoms with Crippen molar-refractivity contribution < 1.29 is 4.79 Å². The molecule has 2 fully saturated rings. The van der Waals surface area contributed by atoms with Crippen molar-refractivity contribution >= 4 is 5.91 Å². The fourth-order valence-corrected chi connectivity index (χ4v) is 3.40. The maximum absolute atomic E-state index is 12.0. The van der Waals surface area contributed by atoms with Crippen molar-refractivity contribution in [3.05, 3.63) is 0 Å². The molecule has 1 saturated heterocycles. The summed E-state index contributed by atoms with van der Waals surface area (Å²) in [5, 5.41) is 6.70. The van der Waals surface area contributed by atoms with Crippen molar-refractivity contribution in [2.45, 2.75) is 76.8 Å². The summed E-state index contributed by atoms with van der Waals surface area (Å²) in [6.45, 7) is 3.35. The van der Waals surface area contributed by atoms with Crippen LogP contribution in [0.15, 0.2) is 0 Å². The summed E-state index contributed by atoms with van der Waals surface area (Å²) in [5.41, 5.74) is 0. The molecule has 3 nitrogen and oxygen atoms in total. The van der Waals surface area contributed by atoms with E-state index in [1.165, 1.54) is 44.9 Å². The fourth-order valence-electron chi connectivity index (χ4n) is 3.40. The molecule has 2 aliphatic rings. The summed E-state index contributed by atoms with van der Waals surface area (Å²) < 4.78 is 0. The van der Waals surface area contributed by atoms with Crippen LogP contribution in [0.25, 0.3) is 0 Å². The third-order valence-corrected chi connectivity index (χ3v) is 4.57. The molecule has 0 spiro atoms. The normalized spacial score (nSPS) is 33.1. The van der Waals surface area contributed by atoms with Crippen molar-refractivity contribution in [1.82, 2.24) is 10.6 Å². The summed E-state index contributed by atoms with van der Waals surface area (Å²) in [6.07, 6.45) is 10.6. The van der Waals surface area contributed by atoms with Gasteiger partial charge >= 0.3 is 0 Å². The minimum Gasteiger partial charge on any atom is -0.353 e. The minimum absolute atomic E-state index is 0.260. The Bertz CT molecular complexity index is 261. The molecule has 0 bridgehead atoms. The van der Waals surface area contributed by atoms with Gasteiger partial charge in [0.25, 0.3) is 0 Å². The maximum atomic E-state index is 12.0. The topological polar surface area (TPSA) is 41.1 Å². The van der Waals surface area contributed by atoms with E-state index in [2.05, 4.69) is 17.6 Å². The molecule has 0 aromatic carbocycles. The third kappa shape index (κ3) is 4.27. The Kier molecular flexibility index (Phi) is 5.48. The van der Waals surface area contributed by atoms with Crippen LogP contribution in [0.4, 0.5) is 0 Å². The van der Waals surface area contributed by atoms with Crippen LogP contribution >= 0.6 is 0 Å². The Morgan fingerprint density at radius 2 is 2.11 bits per heavy atom. The maximum Gasteiger partial charge on any atom is 0.221 e. The lowest BCUT2D eigenvalue weighted by Crippen LogP contribution is -2.43. The van der Waals surface area contributed by atoms with Gasteiger partial charge in [-0.3, -0.25) is 4.79 Å². The molecule has 0 aromatic heterocycles. The summed E-state index contributed by atoms with van der Waals surface area (Å²) in [4.78, 5) is 12.0. The minimum atomic E-state index is 0.260. The zero-order valence-corrected chi connectivity index (χ0v) is 11.7. The Labute approximate surface area is 111 Å². The van der Waals surface area contributed by atoms with Crippen molar-refractivity contribution in [1.29, 1.82) is 0 Å². The lowest BCUT2D eigenvalue weighted by molar-refractivity contribution is -0.122. The number of carbonyl (C=O) groups excluding carboxylic acids is 1. The predicted octanol–water partition coefficient (Wildman–Crippen LogP) is 2.60. The first-order valence-corrected chi connectivity index (χ1v) is 7.80. The van der Waals surface area contributed by atoms with Crippen LogP contribution in [0, 0.1) is 5.92 Å². The third-order valence-electron chi connectivity index (χ3n) is 4.57. The first-order valence-electron chi connectivity index (χ1n) is 7.80. The van der Waals surface area contributed by atoms with E-state index in [1.54, 1.807) is 0 Å². The smallest absolute Gasteiger partial charge is 0.221 e. The van der Waals surface area contributed by atoms with Crippen LogP contribution in [0.3, 0.4) is 0 Å². The van der Waals surface area contributed by atoms with Gasteiger partial charge < -0.3 is 10.6 Å². The number of piperidine rings is 1. The highest BCUT2D eigenvalue weighted by atomic mass is 16.1. The SMILES string of the molecule is CCC1CCCC(NC(=O)CC2CCCCN2)C1. The Hall–Kier alpha value is -0.570. The van der Waals surface area contributed by atoms with Gasteiger partial charge in [-0.15, -0.1) is 0 Å². The number of rotatable bonds is 4. The van der Waals surface area contributed by atoms with Crippen molar-refractivity contribution in [3.63, 3.8) is 0 Å². The molecule has 1 amide bonds. The average molecular weight is 252 g/mol. The van der Waals surface area contributed by atoms with Crippen molar-refractivity contribution in [2.24, 2.45) is 5.92 Å². The molecule has 3 atom stereocenters. The number of carbonyl (C=O) groups is 1. The van der Waals surface area contributed by atoms with Gasteiger partial charge in [0.15, 0.2) is 0 Å². The average Bonchev–Trinajstić information content (AvgIpc) is 2.40. The summed E-state index contributed by atoms with van der Waals surface area (Å²) in [6, 6.07) is 0.865. The van der Waals surface area contributed by atoms with E-state index in [0.717, 1.165) is 18.9 Å². The highest BCUT2D eigenvalue weighted by Gasteiger charge is 2.23. The van der Waals surface area contributed by atoms with E-state index in [1.807, 2.05) is 0 Å². The van der Waals surface area contributed by atoms with Crippen molar-refractivity contribution in [3.8, 4) is 0 Å². The molecule has 0 aromatic rings. The first kappa shape index (κ1) is 13.9. The van der Waals surface area contributed by atoms with Crippen LogP contribution in [0.5, 0.6) is 0 Å². The largest absolute Gasteiger partial charge is 0.353 e. The van der Waals surface area contributed by atoms with Crippen LogP contribution in [-0.4, -0.2) is 24.5 Å². The van der Waals surface area contributed by atoms with E-state index in [4.69, 9.17) is 0 Å². The highest BCUT2D eigenvalue weighted by Crippen LogP contribution is 2.26. The number of nitrogens with one attached hydrogen (secondary N) is 2. The van der Waals surface area contributed by atoms with Gasteiger partial charge in [-0.25, -0.2) is 0 Å². The number of amides is 1. The second kappa shape index (κ2) is 7.13. The van der Waals surface area contributed by atoms with E-state index in [9.17, 15) is 4.79 Å². The molecule has 1 aliphatic heterocycles. The zero-order valence-electron chi connectivity index (χ0n) is 11.7. The molecule has 1 aliphatic carbocycles. The Morgan fingerprint density at radius 1 is 1.22 bits per heavy atom. The van der Waals surface area contributed by atoms with Gasteiger partial charge in [0.1, 0.15) is 0 Å².